The van der Waals surface area contributed by atoms with Gasteiger partial charge in [0.05, 0.1) is 19.3 Å². The van der Waals surface area contributed by atoms with Crippen LogP contribution in [0, 0.1) is 5.92 Å². The van der Waals surface area contributed by atoms with E-state index >= 15 is 0 Å². The van der Waals surface area contributed by atoms with Crippen molar-refractivity contribution in [3.63, 3.8) is 0 Å². The van der Waals surface area contributed by atoms with Crippen LogP contribution in [0.3, 0.4) is 0 Å². The number of carbonyl (C=O) groups is 3. The van der Waals surface area contributed by atoms with E-state index in [-0.39, 0.29) is 36.0 Å². The van der Waals surface area contributed by atoms with Gasteiger partial charge in [-0.3, -0.25) is 9.59 Å². The van der Waals surface area contributed by atoms with Crippen molar-refractivity contribution in [2.75, 3.05) is 13.7 Å². The van der Waals surface area contributed by atoms with Gasteiger partial charge in [-0.05, 0) is 89.5 Å². The maximum absolute atomic E-state index is 13.2. The predicted molar refractivity (Wildman–Crippen MR) is 207 cm³/mol. The van der Waals surface area contributed by atoms with Crippen molar-refractivity contribution in [3.05, 3.63) is 84.6 Å². The van der Waals surface area contributed by atoms with Gasteiger partial charge in [-0.1, -0.05) is 101 Å². The summed E-state index contributed by atoms with van der Waals surface area (Å²) < 4.78 is 11.2. The molecule has 50 heavy (non-hydrogen) atoms. The van der Waals surface area contributed by atoms with E-state index in [2.05, 4.69) is 98.2 Å². The summed E-state index contributed by atoms with van der Waals surface area (Å²) in [7, 11) is 1.32. The predicted octanol–water partition coefficient (Wildman–Crippen LogP) is 8.28. The van der Waals surface area contributed by atoms with Crippen LogP contribution in [-0.4, -0.2) is 55.7 Å². The number of hydrogen-bond acceptors (Lipinski definition) is 6. The highest BCUT2D eigenvalue weighted by Gasteiger charge is 2.33. The Morgan fingerprint density at radius 2 is 1.38 bits per heavy atom. The van der Waals surface area contributed by atoms with E-state index in [9.17, 15) is 14.4 Å². The fourth-order valence-corrected chi connectivity index (χ4v) is 5.42. The van der Waals surface area contributed by atoms with Crippen molar-refractivity contribution >= 4 is 17.8 Å². The summed E-state index contributed by atoms with van der Waals surface area (Å²) in [5.74, 6) is -0.715. The van der Waals surface area contributed by atoms with E-state index in [1.54, 1.807) is 0 Å². The molecule has 0 aliphatic heterocycles. The largest absolute Gasteiger partial charge is 0.467 e. The van der Waals surface area contributed by atoms with Crippen molar-refractivity contribution < 1.29 is 23.9 Å². The minimum Gasteiger partial charge on any atom is -0.467 e. The molecule has 1 aliphatic rings. The number of nitrogens with one attached hydrogen (secondary N) is 2. The first-order valence-electron chi connectivity index (χ1n) is 18.9. The van der Waals surface area contributed by atoms with Gasteiger partial charge < -0.3 is 25.8 Å². The monoisotopic (exact) mass is 694 g/mol. The Hall–Kier alpha value is -3.49. The molecule has 2 amide bonds. The Balaban J connectivity index is 2.27. The van der Waals surface area contributed by atoms with Crippen molar-refractivity contribution in [2.24, 2.45) is 11.7 Å². The van der Waals surface area contributed by atoms with Crippen LogP contribution < -0.4 is 16.4 Å². The molecule has 0 aromatic heterocycles. The highest BCUT2D eigenvalue weighted by atomic mass is 16.5. The minimum absolute atomic E-state index is 0.00214. The molecule has 0 aromatic carbocycles. The topological polar surface area (TPSA) is 120 Å². The summed E-state index contributed by atoms with van der Waals surface area (Å²) in [5.41, 5.74) is 6.91. The molecular weight excluding hydrogens is 626 g/mol. The van der Waals surface area contributed by atoms with Gasteiger partial charge in [0.15, 0.2) is 0 Å². The number of ether oxygens (including phenoxy) is 2. The van der Waals surface area contributed by atoms with Crippen molar-refractivity contribution in [3.8, 4) is 0 Å². The van der Waals surface area contributed by atoms with E-state index in [0.717, 1.165) is 51.4 Å². The number of amides is 2. The molecule has 0 heterocycles. The Kier molecular flexibility index (Phi) is 26.1. The van der Waals surface area contributed by atoms with Gasteiger partial charge in [-0.25, -0.2) is 4.79 Å². The third-order valence-corrected chi connectivity index (χ3v) is 8.73. The molecular formula is C42H67N3O5. The maximum Gasteiger partial charge on any atom is 0.328 e. The minimum atomic E-state index is -0.772. The molecule has 0 unspecified atom stereocenters. The van der Waals surface area contributed by atoms with E-state index in [1.165, 1.54) is 7.11 Å². The Morgan fingerprint density at radius 3 is 1.90 bits per heavy atom. The van der Waals surface area contributed by atoms with Crippen LogP contribution in [0.25, 0.3) is 0 Å². The number of allylic oxidation sites excluding steroid dienone is 12. The molecule has 1 aliphatic carbocycles. The van der Waals surface area contributed by atoms with E-state index in [1.807, 2.05) is 19.1 Å². The number of esters is 1. The maximum atomic E-state index is 13.2. The zero-order valence-electron chi connectivity index (χ0n) is 31.6. The molecule has 0 saturated heterocycles. The van der Waals surface area contributed by atoms with Gasteiger partial charge in [-0.2, -0.15) is 0 Å². The van der Waals surface area contributed by atoms with E-state index in [0.29, 0.717) is 50.6 Å². The average Bonchev–Trinajstić information content (AvgIpc) is 3.11. The Labute approximate surface area is 303 Å². The third kappa shape index (κ3) is 20.9. The van der Waals surface area contributed by atoms with Crippen LogP contribution in [-0.2, 0) is 23.9 Å². The van der Waals surface area contributed by atoms with Crippen LogP contribution >= 0.6 is 0 Å². The van der Waals surface area contributed by atoms with Gasteiger partial charge in [0.25, 0.3) is 0 Å². The first-order chi connectivity index (χ1) is 24.3. The fourth-order valence-electron chi connectivity index (χ4n) is 5.42. The smallest absolute Gasteiger partial charge is 0.328 e. The second-order valence-electron chi connectivity index (χ2n) is 12.8. The van der Waals surface area contributed by atoms with Crippen LogP contribution in [0.4, 0.5) is 0 Å². The lowest BCUT2D eigenvalue weighted by atomic mass is 9.84. The van der Waals surface area contributed by atoms with Crippen LogP contribution in [0.2, 0.25) is 0 Å². The number of hydrogen-bond donors (Lipinski definition) is 3. The number of methoxy groups -OCH3 is 1. The molecule has 280 valence electrons. The standard InChI is InChI=1S/C42H67N3O5/c1-6-9-10-11-12-13-14-15-16-17-18-19-20-21-22-23-24-25-26-30-40(46)44-31-28-27-29-38(42(48)49-5)45-41(47)35-32-37(43)34(4)39(33-35)50-36(7-2)8-3/h9-10,12-13,15-16,18-19,21-22,24-25,33-34,36-39H,6-8,11,14,17,20,23,26-32,43H2,1-5H3,(H,44,46)(H,45,47)/b10-9-,13-12-,16-15-,19-18-,22-21-,25-24-/t34-,37+,38+,39-/m1/s1. The fraction of sp³-hybridized carbons (Fsp3) is 0.595. The summed E-state index contributed by atoms with van der Waals surface area (Å²) in [5, 5.41) is 5.79. The zero-order valence-corrected chi connectivity index (χ0v) is 31.6. The Bertz CT molecular complexity index is 1160. The Morgan fingerprint density at radius 1 is 0.840 bits per heavy atom. The first-order valence-corrected chi connectivity index (χ1v) is 18.9. The van der Waals surface area contributed by atoms with Crippen molar-refractivity contribution in [1.82, 2.24) is 10.6 Å². The molecule has 0 spiro atoms. The summed E-state index contributed by atoms with van der Waals surface area (Å²) in [6, 6.07) is -0.981. The quantitative estimate of drug-likeness (QED) is 0.0477. The first kappa shape index (κ1) is 44.5. The van der Waals surface area contributed by atoms with E-state index < -0.39 is 12.0 Å². The lowest BCUT2D eigenvalue weighted by molar-refractivity contribution is -0.145. The van der Waals surface area contributed by atoms with Gasteiger partial charge >= 0.3 is 5.97 Å². The number of nitrogens with two attached hydrogens (primary N) is 1. The lowest BCUT2D eigenvalue weighted by Crippen LogP contribution is -2.47. The average molecular weight is 694 g/mol. The molecule has 0 fully saturated rings. The highest BCUT2D eigenvalue weighted by molar-refractivity contribution is 5.96. The molecule has 0 radical (unpaired) electrons. The summed E-state index contributed by atoms with van der Waals surface area (Å²) in [6.45, 7) is 8.87. The van der Waals surface area contributed by atoms with Crippen LogP contribution in [0.5, 0.6) is 0 Å². The zero-order chi connectivity index (χ0) is 36.8. The highest BCUT2D eigenvalue weighted by Crippen LogP contribution is 2.27. The molecule has 0 aromatic rings. The van der Waals surface area contributed by atoms with Gasteiger partial charge in [-0.15, -0.1) is 0 Å². The second kappa shape index (κ2) is 29.3. The van der Waals surface area contributed by atoms with Gasteiger partial charge in [0.2, 0.25) is 11.8 Å². The molecule has 1 rings (SSSR count). The van der Waals surface area contributed by atoms with Crippen molar-refractivity contribution in [1.29, 1.82) is 0 Å². The van der Waals surface area contributed by atoms with Gasteiger partial charge in [0, 0.05) is 30.5 Å². The normalized spacial score (nSPS) is 19.1. The van der Waals surface area contributed by atoms with E-state index in [4.69, 9.17) is 15.2 Å². The van der Waals surface area contributed by atoms with Crippen molar-refractivity contribution in [2.45, 2.75) is 142 Å². The second-order valence-corrected chi connectivity index (χ2v) is 12.8. The SMILES string of the molecule is CC/C=C\C/C=C\C/C=C\C/C=C\C/C=C\C/C=C\CCC(=O)NCCCC[C@H](NC(=O)C1=C[C@@H](OC(CC)CC)[C@H](C)[C@@H](N)C1)C(=O)OC. The third-order valence-electron chi connectivity index (χ3n) is 8.73. The summed E-state index contributed by atoms with van der Waals surface area (Å²) in [6.07, 6.45) is 38.6. The van der Waals surface area contributed by atoms with Crippen LogP contribution in [0.15, 0.2) is 84.6 Å². The number of unbranched alkanes of at least 4 members (excludes halogenated alkanes) is 1. The summed E-state index contributed by atoms with van der Waals surface area (Å²) in [4.78, 5) is 37.9. The molecule has 4 atom stereocenters. The molecule has 4 N–H and O–H groups in total. The molecule has 8 heteroatoms. The molecule has 8 nitrogen and oxygen atoms in total. The van der Waals surface area contributed by atoms with Gasteiger partial charge in [0.1, 0.15) is 6.04 Å². The molecule has 0 bridgehead atoms. The number of rotatable bonds is 26. The molecule has 0 saturated carbocycles. The number of carbonyl (C=O) groups excluding carboxylic acids is 3. The van der Waals surface area contributed by atoms with Crippen LogP contribution in [0.1, 0.15) is 118 Å². The lowest BCUT2D eigenvalue weighted by Gasteiger charge is -2.34. The summed E-state index contributed by atoms with van der Waals surface area (Å²) >= 11 is 0.